The number of amides is 1. The van der Waals surface area contributed by atoms with Gasteiger partial charge < -0.3 is 15.7 Å². The quantitative estimate of drug-likeness (QED) is 0.759. The lowest BCUT2D eigenvalue weighted by molar-refractivity contribution is -0.124. The molecule has 3 N–H and O–H groups in total. The van der Waals surface area contributed by atoms with E-state index in [4.69, 9.17) is 0 Å². The molecule has 1 aromatic rings. The van der Waals surface area contributed by atoms with Crippen LogP contribution < -0.4 is 10.6 Å². The van der Waals surface area contributed by atoms with Crippen LogP contribution in [0.15, 0.2) is 24.3 Å². The fourth-order valence-corrected chi connectivity index (χ4v) is 2.44. The van der Waals surface area contributed by atoms with E-state index in [0.29, 0.717) is 6.54 Å². The molecule has 0 spiro atoms. The largest absolute Gasteiger partial charge is 0.394 e. The van der Waals surface area contributed by atoms with E-state index < -0.39 is 0 Å². The van der Waals surface area contributed by atoms with Gasteiger partial charge in [0.25, 0.3) is 0 Å². The van der Waals surface area contributed by atoms with Gasteiger partial charge in [0.2, 0.25) is 5.91 Å². The van der Waals surface area contributed by atoms with Crippen molar-refractivity contribution in [2.24, 2.45) is 5.92 Å². The molecule has 0 saturated carbocycles. The zero-order chi connectivity index (χ0) is 13.8. The normalized spacial score (nSPS) is 19.9. The Labute approximate surface area is 114 Å². The Morgan fingerprint density at radius 1 is 1.47 bits per heavy atom. The molecule has 0 aromatic heterocycles. The molecule has 4 nitrogen and oxygen atoms in total. The van der Waals surface area contributed by atoms with Crippen LogP contribution in [0.2, 0.25) is 0 Å². The maximum Gasteiger partial charge on any atom is 0.229 e. The van der Waals surface area contributed by atoms with Crippen molar-refractivity contribution in [1.82, 2.24) is 10.6 Å². The molecule has 1 heterocycles. The number of aliphatic hydroxyl groups is 1. The third-order valence-electron chi connectivity index (χ3n) is 3.74. The smallest absolute Gasteiger partial charge is 0.229 e. The van der Waals surface area contributed by atoms with Gasteiger partial charge >= 0.3 is 0 Å². The van der Waals surface area contributed by atoms with Gasteiger partial charge in [-0.2, -0.15) is 0 Å². The molecule has 0 radical (unpaired) electrons. The van der Waals surface area contributed by atoms with Crippen molar-refractivity contribution in [1.29, 1.82) is 0 Å². The number of hydrogen-bond acceptors (Lipinski definition) is 3. The summed E-state index contributed by atoms with van der Waals surface area (Å²) < 4.78 is 0. The molecule has 0 aliphatic carbocycles. The molecule has 4 heteroatoms. The molecule has 2 atom stereocenters. The van der Waals surface area contributed by atoms with Crippen LogP contribution in [0.1, 0.15) is 30.9 Å². The van der Waals surface area contributed by atoms with E-state index in [1.807, 2.05) is 38.1 Å². The first kappa shape index (κ1) is 14.0. The summed E-state index contributed by atoms with van der Waals surface area (Å²) in [5, 5.41) is 15.5. The number of fused-ring (bicyclic) bond motifs is 1. The van der Waals surface area contributed by atoms with Crippen LogP contribution in [0.5, 0.6) is 0 Å². The molecule has 0 bridgehead atoms. The number of rotatable bonds is 4. The van der Waals surface area contributed by atoms with Crippen molar-refractivity contribution in [2.45, 2.75) is 32.4 Å². The highest BCUT2D eigenvalue weighted by atomic mass is 16.3. The lowest BCUT2D eigenvalue weighted by atomic mass is 9.89. The molecule has 0 fully saturated rings. The van der Waals surface area contributed by atoms with Gasteiger partial charge in [-0.3, -0.25) is 4.79 Å². The molecule has 1 aliphatic heterocycles. The van der Waals surface area contributed by atoms with Gasteiger partial charge in [0.1, 0.15) is 0 Å². The summed E-state index contributed by atoms with van der Waals surface area (Å²) >= 11 is 0. The Balaban J connectivity index is 2.12. The van der Waals surface area contributed by atoms with Crippen LogP contribution in [-0.2, 0) is 11.3 Å². The van der Waals surface area contributed by atoms with Gasteiger partial charge in [-0.25, -0.2) is 0 Å². The summed E-state index contributed by atoms with van der Waals surface area (Å²) in [6, 6.07) is 7.85. The van der Waals surface area contributed by atoms with E-state index in [9.17, 15) is 9.90 Å². The maximum absolute atomic E-state index is 12.4. The van der Waals surface area contributed by atoms with Crippen LogP contribution in [0, 0.1) is 5.92 Å². The highest BCUT2D eigenvalue weighted by molar-refractivity contribution is 5.85. The summed E-state index contributed by atoms with van der Waals surface area (Å²) in [7, 11) is 0. The van der Waals surface area contributed by atoms with Gasteiger partial charge in [0.05, 0.1) is 18.6 Å². The number of benzene rings is 1. The molecule has 19 heavy (non-hydrogen) atoms. The standard InChI is InChI=1S/C15H22N2O2/c1-10(2)14(9-18)17-15(19)13-8-16-7-11-5-3-4-6-12(11)13/h3-6,10,13-14,16,18H,7-9H2,1-2H3,(H,17,19). The fraction of sp³-hybridized carbons (Fsp3) is 0.533. The van der Waals surface area contributed by atoms with Gasteiger partial charge in [-0.05, 0) is 17.0 Å². The van der Waals surface area contributed by atoms with Crippen LogP contribution in [-0.4, -0.2) is 30.2 Å². The molecule has 104 valence electrons. The Morgan fingerprint density at radius 3 is 2.89 bits per heavy atom. The summed E-state index contributed by atoms with van der Waals surface area (Å²) in [6.07, 6.45) is 0. The SMILES string of the molecule is CC(C)C(CO)NC(=O)C1CNCc2ccccc21. The average molecular weight is 262 g/mol. The number of carbonyl (C=O) groups excluding carboxylic acids is 1. The van der Waals surface area contributed by atoms with Gasteiger partial charge in [-0.15, -0.1) is 0 Å². The van der Waals surface area contributed by atoms with E-state index in [1.54, 1.807) is 0 Å². The monoisotopic (exact) mass is 262 g/mol. The molecule has 1 amide bonds. The van der Waals surface area contributed by atoms with Crippen molar-refractivity contribution < 1.29 is 9.90 Å². The minimum absolute atomic E-state index is 0.00704. The molecular formula is C15H22N2O2. The molecule has 1 aromatic carbocycles. The minimum atomic E-state index is -0.179. The zero-order valence-corrected chi connectivity index (χ0v) is 11.5. The second kappa shape index (κ2) is 6.17. The van der Waals surface area contributed by atoms with Crippen molar-refractivity contribution >= 4 is 5.91 Å². The van der Waals surface area contributed by atoms with Crippen LogP contribution in [0.25, 0.3) is 0 Å². The van der Waals surface area contributed by atoms with Gasteiger partial charge in [-0.1, -0.05) is 38.1 Å². The lowest BCUT2D eigenvalue weighted by Gasteiger charge is -2.28. The molecule has 2 unspecified atom stereocenters. The number of hydrogen-bond donors (Lipinski definition) is 3. The Morgan fingerprint density at radius 2 is 2.21 bits per heavy atom. The van der Waals surface area contributed by atoms with Crippen LogP contribution in [0.4, 0.5) is 0 Å². The molecular weight excluding hydrogens is 240 g/mol. The topological polar surface area (TPSA) is 61.4 Å². The van der Waals surface area contributed by atoms with Crippen molar-refractivity contribution in [3.05, 3.63) is 35.4 Å². The van der Waals surface area contributed by atoms with Gasteiger partial charge in [0, 0.05) is 13.1 Å². The number of aliphatic hydroxyl groups excluding tert-OH is 1. The van der Waals surface area contributed by atoms with E-state index in [-0.39, 0.29) is 30.4 Å². The van der Waals surface area contributed by atoms with E-state index >= 15 is 0 Å². The average Bonchev–Trinajstić information content (AvgIpc) is 2.43. The highest BCUT2D eigenvalue weighted by Crippen LogP contribution is 2.24. The fourth-order valence-electron chi connectivity index (χ4n) is 2.44. The van der Waals surface area contributed by atoms with Crippen molar-refractivity contribution in [3.8, 4) is 0 Å². The summed E-state index contributed by atoms with van der Waals surface area (Å²) in [4.78, 5) is 12.4. The number of carbonyl (C=O) groups is 1. The summed E-state index contributed by atoms with van der Waals surface area (Å²) in [5.41, 5.74) is 2.28. The lowest BCUT2D eigenvalue weighted by Crippen LogP contribution is -2.46. The molecule has 2 rings (SSSR count). The zero-order valence-electron chi connectivity index (χ0n) is 11.5. The Kier molecular flexibility index (Phi) is 4.56. The Bertz CT molecular complexity index is 446. The third kappa shape index (κ3) is 3.14. The van der Waals surface area contributed by atoms with Crippen LogP contribution in [0.3, 0.4) is 0 Å². The van der Waals surface area contributed by atoms with E-state index in [2.05, 4.69) is 10.6 Å². The maximum atomic E-state index is 12.4. The predicted octanol–water partition coefficient (Wildman–Crippen LogP) is 1.01. The van der Waals surface area contributed by atoms with E-state index in [1.165, 1.54) is 5.56 Å². The predicted molar refractivity (Wildman–Crippen MR) is 74.7 cm³/mol. The third-order valence-corrected chi connectivity index (χ3v) is 3.74. The van der Waals surface area contributed by atoms with Crippen molar-refractivity contribution in [3.63, 3.8) is 0 Å². The first-order valence-corrected chi connectivity index (χ1v) is 6.83. The second-order valence-electron chi connectivity index (χ2n) is 5.42. The second-order valence-corrected chi connectivity index (χ2v) is 5.42. The Hall–Kier alpha value is -1.39. The highest BCUT2D eigenvalue weighted by Gasteiger charge is 2.27. The summed E-state index contributed by atoms with van der Waals surface area (Å²) in [6.45, 7) is 5.43. The molecule has 1 aliphatic rings. The molecule has 0 saturated heterocycles. The summed E-state index contributed by atoms with van der Waals surface area (Å²) in [5.74, 6) is 0.0471. The number of nitrogens with one attached hydrogen (secondary N) is 2. The van der Waals surface area contributed by atoms with Crippen LogP contribution >= 0.6 is 0 Å². The van der Waals surface area contributed by atoms with Gasteiger partial charge in [0.15, 0.2) is 0 Å². The minimum Gasteiger partial charge on any atom is -0.394 e. The first-order chi connectivity index (χ1) is 9.13. The first-order valence-electron chi connectivity index (χ1n) is 6.83. The van der Waals surface area contributed by atoms with E-state index in [0.717, 1.165) is 12.1 Å². The van der Waals surface area contributed by atoms with Crippen molar-refractivity contribution in [2.75, 3.05) is 13.2 Å².